The average molecular weight is 291 g/mol. The van der Waals surface area contributed by atoms with Crippen LogP contribution in [0.4, 0.5) is 0 Å². The molecule has 1 rings (SSSR count). The standard InChI is InChI=1S/C9H13N3O4S2/c1-3-7(13)10-4-5-11-18(15,16)8-6(2)12-9(14)17-8/h3,11H,1,4-5H2,2H3,(H,10,13)(H,12,14). The molecule has 9 heteroatoms. The SMILES string of the molecule is C=CC(=O)NCCNS(=O)(=O)c1sc(=O)[nH]c1C. The largest absolute Gasteiger partial charge is 0.351 e. The normalized spacial score (nSPS) is 11.2. The van der Waals surface area contributed by atoms with Crippen LogP contribution >= 0.6 is 11.3 Å². The van der Waals surface area contributed by atoms with Crippen LogP contribution in [0.3, 0.4) is 0 Å². The lowest BCUT2D eigenvalue weighted by atomic mass is 10.5. The van der Waals surface area contributed by atoms with Crippen LogP contribution in [-0.4, -0.2) is 32.4 Å². The van der Waals surface area contributed by atoms with Gasteiger partial charge in [0.1, 0.15) is 0 Å². The van der Waals surface area contributed by atoms with Gasteiger partial charge < -0.3 is 10.3 Å². The highest BCUT2D eigenvalue weighted by molar-refractivity contribution is 7.91. The molecular weight excluding hydrogens is 278 g/mol. The fourth-order valence-electron chi connectivity index (χ4n) is 1.16. The molecule has 18 heavy (non-hydrogen) atoms. The molecule has 0 unspecified atom stereocenters. The number of hydrogen-bond acceptors (Lipinski definition) is 5. The average Bonchev–Trinajstić information content (AvgIpc) is 2.64. The van der Waals surface area contributed by atoms with Crippen LogP contribution in [0.25, 0.3) is 0 Å². The third-order valence-corrected chi connectivity index (χ3v) is 4.99. The summed E-state index contributed by atoms with van der Waals surface area (Å²) in [6.07, 6.45) is 1.09. The first-order valence-electron chi connectivity index (χ1n) is 4.96. The number of aromatic amines is 1. The van der Waals surface area contributed by atoms with Crippen LogP contribution in [-0.2, 0) is 14.8 Å². The van der Waals surface area contributed by atoms with E-state index in [1.165, 1.54) is 6.92 Å². The summed E-state index contributed by atoms with van der Waals surface area (Å²) in [6, 6.07) is 0. The number of rotatable bonds is 6. The van der Waals surface area contributed by atoms with E-state index in [1.807, 2.05) is 0 Å². The van der Waals surface area contributed by atoms with Crippen molar-refractivity contribution in [3.05, 3.63) is 28.0 Å². The third kappa shape index (κ3) is 3.79. The number of sulfonamides is 1. The number of amides is 1. The van der Waals surface area contributed by atoms with E-state index in [0.717, 1.165) is 6.08 Å². The van der Waals surface area contributed by atoms with Crippen molar-refractivity contribution in [3.8, 4) is 0 Å². The predicted molar refractivity (Wildman–Crippen MR) is 68.1 cm³/mol. The first-order valence-corrected chi connectivity index (χ1v) is 7.26. The zero-order chi connectivity index (χ0) is 13.8. The van der Waals surface area contributed by atoms with E-state index in [4.69, 9.17) is 0 Å². The third-order valence-electron chi connectivity index (χ3n) is 1.93. The monoisotopic (exact) mass is 291 g/mol. The fourth-order valence-corrected chi connectivity index (χ4v) is 3.53. The zero-order valence-electron chi connectivity index (χ0n) is 9.65. The van der Waals surface area contributed by atoms with E-state index < -0.39 is 14.9 Å². The Morgan fingerprint density at radius 3 is 2.67 bits per heavy atom. The van der Waals surface area contributed by atoms with E-state index in [-0.39, 0.29) is 23.2 Å². The molecule has 1 aromatic rings. The van der Waals surface area contributed by atoms with Crippen molar-refractivity contribution in [2.45, 2.75) is 11.1 Å². The molecule has 1 heterocycles. The van der Waals surface area contributed by atoms with Crippen molar-refractivity contribution in [1.82, 2.24) is 15.0 Å². The van der Waals surface area contributed by atoms with Crippen molar-refractivity contribution >= 4 is 27.3 Å². The number of hydrogen-bond donors (Lipinski definition) is 3. The number of thiazole rings is 1. The summed E-state index contributed by atoms with van der Waals surface area (Å²) < 4.78 is 25.8. The molecule has 1 aromatic heterocycles. The lowest BCUT2D eigenvalue weighted by molar-refractivity contribution is -0.116. The number of carbonyl (C=O) groups excluding carboxylic acids is 1. The van der Waals surface area contributed by atoms with Gasteiger partial charge in [0.2, 0.25) is 5.91 Å². The second kappa shape index (κ2) is 5.94. The van der Waals surface area contributed by atoms with Gasteiger partial charge in [-0.25, -0.2) is 13.1 Å². The first kappa shape index (κ1) is 14.6. The molecule has 0 radical (unpaired) electrons. The Bertz CT molecular complexity index is 600. The Kier molecular flexibility index (Phi) is 4.82. The maximum Gasteiger partial charge on any atom is 0.305 e. The van der Waals surface area contributed by atoms with Crippen LogP contribution in [0, 0.1) is 6.92 Å². The van der Waals surface area contributed by atoms with E-state index in [1.54, 1.807) is 0 Å². The number of H-pyrrole nitrogens is 1. The van der Waals surface area contributed by atoms with Crippen molar-refractivity contribution in [3.63, 3.8) is 0 Å². The second-order valence-electron chi connectivity index (χ2n) is 3.32. The number of aromatic nitrogens is 1. The molecule has 0 aliphatic heterocycles. The molecule has 0 saturated carbocycles. The highest BCUT2D eigenvalue weighted by Gasteiger charge is 2.19. The Balaban J connectivity index is 2.61. The Morgan fingerprint density at radius 1 is 1.50 bits per heavy atom. The minimum Gasteiger partial charge on any atom is -0.351 e. The molecule has 0 saturated heterocycles. The van der Waals surface area contributed by atoms with E-state index >= 15 is 0 Å². The number of carbonyl (C=O) groups is 1. The van der Waals surface area contributed by atoms with Gasteiger partial charge in [0, 0.05) is 18.8 Å². The highest BCUT2D eigenvalue weighted by Crippen LogP contribution is 2.14. The molecule has 7 nitrogen and oxygen atoms in total. The van der Waals surface area contributed by atoms with E-state index in [9.17, 15) is 18.0 Å². The molecule has 3 N–H and O–H groups in total. The number of nitrogens with one attached hydrogen (secondary N) is 3. The van der Waals surface area contributed by atoms with Crippen LogP contribution in [0.1, 0.15) is 5.69 Å². The molecule has 0 atom stereocenters. The number of aryl methyl sites for hydroxylation is 1. The molecule has 0 aliphatic carbocycles. The zero-order valence-corrected chi connectivity index (χ0v) is 11.3. The van der Waals surface area contributed by atoms with Crippen molar-refractivity contribution < 1.29 is 13.2 Å². The summed E-state index contributed by atoms with van der Waals surface area (Å²) in [4.78, 5) is 23.8. The van der Waals surface area contributed by atoms with Gasteiger partial charge in [-0.1, -0.05) is 17.9 Å². The topological polar surface area (TPSA) is 108 Å². The van der Waals surface area contributed by atoms with Crippen LogP contribution in [0.5, 0.6) is 0 Å². The van der Waals surface area contributed by atoms with Gasteiger partial charge >= 0.3 is 4.87 Å². The second-order valence-corrected chi connectivity index (χ2v) is 6.27. The summed E-state index contributed by atoms with van der Waals surface area (Å²) in [6.45, 7) is 4.94. The molecule has 100 valence electrons. The summed E-state index contributed by atoms with van der Waals surface area (Å²) in [5.74, 6) is -0.378. The van der Waals surface area contributed by atoms with Crippen LogP contribution in [0.15, 0.2) is 21.7 Å². The molecule has 0 aliphatic rings. The van der Waals surface area contributed by atoms with Crippen molar-refractivity contribution in [2.24, 2.45) is 0 Å². The molecule has 0 fully saturated rings. The first-order chi connectivity index (χ1) is 8.36. The van der Waals surface area contributed by atoms with Gasteiger partial charge in [0.05, 0.1) is 0 Å². The minimum absolute atomic E-state index is 0.0352. The van der Waals surface area contributed by atoms with E-state index in [2.05, 4.69) is 21.6 Å². The Hall–Kier alpha value is -1.45. The minimum atomic E-state index is -3.71. The molecule has 0 spiro atoms. The molecule has 0 aromatic carbocycles. The van der Waals surface area contributed by atoms with Gasteiger partial charge in [-0.3, -0.25) is 9.59 Å². The lowest BCUT2D eigenvalue weighted by Gasteiger charge is -2.05. The lowest BCUT2D eigenvalue weighted by Crippen LogP contribution is -2.33. The molecule has 1 amide bonds. The maximum atomic E-state index is 11.8. The summed E-state index contributed by atoms with van der Waals surface area (Å²) in [5, 5.41) is 2.43. The molecular formula is C9H13N3O4S2. The Morgan fingerprint density at radius 2 is 2.17 bits per heavy atom. The van der Waals surface area contributed by atoms with Crippen molar-refractivity contribution in [2.75, 3.05) is 13.1 Å². The van der Waals surface area contributed by atoms with Gasteiger partial charge in [-0.2, -0.15) is 0 Å². The fraction of sp³-hybridized carbons (Fsp3) is 0.333. The van der Waals surface area contributed by atoms with E-state index in [0.29, 0.717) is 17.0 Å². The van der Waals surface area contributed by atoms with Gasteiger partial charge in [-0.15, -0.1) is 0 Å². The van der Waals surface area contributed by atoms with Crippen LogP contribution in [0.2, 0.25) is 0 Å². The smallest absolute Gasteiger partial charge is 0.305 e. The van der Waals surface area contributed by atoms with Gasteiger partial charge in [0.15, 0.2) is 4.21 Å². The maximum absolute atomic E-state index is 11.8. The Labute approximate surface area is 108 Å². The summed E-state index contributed by atoms with van der Waals surface area (Å²) >= 11 is 0.625. The highest BCUT2D eigenvalue weighted by atomic mass is 32.2. The van der Waals surface area contributed by atoms with Gasteiger partial charge in [-0.05, 0) is 13.0 Å². The summed E-state index contributed by atoms with van der Waals surface area (Å²) in [5.41, 5.74) is 0.299. The predicted octanol–water partition coefficient (Wildman–Crippen LogP) is -0.675. The summed E-state index contributed by atoms with van der Waals surface area (Å²) in [7, 11) is -3.71. The van der Waals surface area contributed by atoms with Crippen molar-refractivity contribution in [1.29, 1.82) is 0 Å². The van der Waals surface area contributed by atoms with Crippen LogP contribution < -0.4 is 14.9 Å². The molecule has 0 bridgehead atoms. The quantitative estimate of drug-likeness (QED) is 0.477. The van der Waals surface area contributed by atoms with Gasteiger partial charge in [0.25, 0.3) is 10.0 Å².